The zero-order chi connectivity index (χ0) is 23.2. The first-order valence-corrected chi connectivity index (χ1v) is 11.7. The number of carbonyl (C=O) groups is 2. The van der Waals surface area contributed by atoms with Crippen LogP contribution >= 0.6 is 11.6 Å². The summed E-state index contributed by atoms with van der Waals surface area (Å²) in [6, 6.07) is 6.70. The lowest BCUT2D eigenvalue weighted by Gasteiger charge is -2.26. The number of fused-ring (bicyclic) bond motifs is 1. The number of furan rings is 1. The minimum absolute atomic E-state index is 0.216. The van der Waals surface area contributed by atoms with Gasteiger partial charge in [-0.1, -0.05) is 17.7 Å². The van der Waals surface area contributed by atoms with Gasteiger partial charge in [-0.3, -0.25) is 14.5 Å². The molecule has 1 aliphatic carbocycles. The van der Waals surface area contributed by atoms with Crippen molar-refractivity contribution in [1.82, 2.24) is 15.6 Å². The molecule has 33 heavy (non-hydrogen) atoms. The van der Waals surface area contributed by atoms with Gasteiger partial charge < -0.3 is 14.5 Å². The second kappa shape index (κ2) is 11.0. The van der Waals surface area contributed by atoms with Crippen LogP contribution in [0.5, 0.6) is 0 Å². The molecule has 1 saturated heterocycles. The number of carbonyl (C=O) groups excluding carboxylic acids is 2. The van der Waals surface area contributed by atoms with Crippen LogP contribution in [0.2, 0.25) is 5.02 Å². The van der Waals surface area contributed by atoms with E-state index in [1.165, 1.54) is 0 Å². The van der Waals surface area contributed by atoms with Gasteiger partial charge in [0.2, 0.25) is 0 Å². The molecule has 0 saturated carbocycles. The highest BCUT2D eigenvalue weighted by Crippen LogP contribution is 2.29. The normalized spacial score (nSPS) is 17.6. The molecule has 2 heterocycles. The fourth-order valence-electron chi connectivity index (χ4n) is 4.22. The number of ether oxygens (including phenoxy) is 1. The van der Waals surface area contributed by atoms with Gasteiger partial charge in [-0.2, -0.15) is 5.10 Å². The molecule has 1 aromatic carbocycles. The Morgan fingerprint density at radius 1 is 1.18 bits per heavy atom. The quantitative estimate of drug-likeness (QED) is 0.476. The Kier molecular flexibility index (Phi) is 7.80. The van der Waals surface area contributed by atoms with Gasteiger partial charge in [0.15, 0.2) is 5.76 Å². The Bertz CT molecular complexity index is 1040. The minimum Gasteiger partial charge on any atom is -0.455 e. The topological polar surface area (TPSA) is 96.2 Å². The summed E-state index contributed by atoms with van der Waals surface area (Å²) in [6.07, 6.45) is 3.14. The minimum atomic E-state index is -0.337. The SMILES string of the molecule is Cc1c(C(=O)NCCCN2CCOCC2)oc2c1/C(=N/NC(=O)c1cccc(Cl)c1)CCC2. The van der Waals surface area contributed by atoms with Crippen LogP contribution in [-0.4, -0.2) is 61.8 Å². The monoisotopic (exact) mass is 472 g/mol. The molecule has 2 N–H and O–H groups in total. The number of hydrogen-bond donors (Lipinski definition) is 2. The summed E-state index contributed by atoms with van der Waals surface area (Å²) in [5.74, 6) is 0.512. The summed E-state index contributed by atoms with van der Waals surface area (Å²) in [7, 11) is 0. The lowest BCUT2D eigenvalue weighted by Crippen LogP contribution is -2.38. The third kappa shape index (κ3) is 5.82. The van der Waals surface area contributed by atoms with Crippen molar-refractivity contribution in [3.05, 3.63) is 57.5 Å². The third-order valence-electron chi connectivity index (χ3n) is 5.95. The van der Waals surface area contributed by atoms with E-state index in [0.717, 1.165) is 74.7 Å². The second-order valence-electron chi connectivity index (χ2n) is 8.28. The molecular formula is C24H29ClN4O4. The fourth-order valence-corrected chi connectivity index (χ4v) is 4.41. The molecule has 1 fully saturated rings. The molecular weight excluding hydrogens is 444 g/mol. The number of morpholine rings is 1. The van der Waals surface area contributed by atoms with E-state index in [-0.39, 0.29) is 11.8 Å². The molecule has 9 heteroatoms. The number of nitrogens with zero attached hydrogens (tertiary/aromatic N) is 2. The van der Waals surface area contributed by atoms with Crippen LogP contribution in [0.1, 0.15) is 57.1 Å². The highest BCUT2D eigenvalue weighted by molar-refractivity contribution is 6.31. The van der Waals surface area contributed by atoms with E-state index in [4.69, 9.17) is 20.8 Å². The molecule has 4 rings (SSSR count). The van der Waals surface area contributed by atoms with Gasteiger partial charge in [0.1, 0.15) is 5.76 Å². The van der Waals surface area contributed by atoms with E-state index in [2.05, 4.69) is 20.7 Å². The zero-order valence-electron chi connectivity index (χ0n) is 18.8. The van der Waals surface area contributed by atoms with Gasteiger partial charge in [0, 0.05) is 47.8 Å². The summed E-state index contributed by atoms with van der Waals surface area (Å²) in [5, 5.41) is 7.81. The summed E-state index contributed by atoms with van der Waals surface area (Å²) in [4.78, 5) is 27.5. The van der Waals surface area contributed by atoms with E-state index in [1.807, 2.05) is 6.92 Å². The van der Waals surface area contributed by atoms with E-state index < -0.39 is 0 Å². The van der Waals surface area contributed by atoms with Crippen LogP contribution in [0.15, 0.2) is 33.8 Å². The average Bonchev–Trinajstić information content (AvgIpc) is 3.18. The number of halogens is 1. The lowest BCUT2D eigenvalue weighted by molar-refractivity contribution is 0.0374. The molecule has 2 aliphatic rings. The first kappa shape index (κ1) is 23.5. The molecule has 0 radical (unpaired) electrons. The molecule has 1 aromatic heterocycles. The summed E-state index contributed by atoms with van der Waals surface area (Å²) in [5.41, 5.74) is 5.35. The smallest absolute Gasteiger partial charge is 0.287 e. The van der Waals surface area contributed by atoms with Gasteiger partial charge in [-0.05, 0) is 50.9 Å². The van der Waals surface area contributed by atoms with Gasteiger partial charge in [0.05, 0.1) is 18.9 Å². The molecule has 0 bridgehead atoms. The number of amides is 2. The van der Waals surface area contributed by atoms with Gasteiger partial charge in [0.25, 0.3) is 11.8 Å². The van der Waals surface area contributed by atoms with E-state index >= 15 is 0 Å². The van der Waals surface area contributed by atoms with E-state index in [1.54, 1.807) is 24.3 Å². The highest BCUT2D eigenvalue weighted by Gasteiger charge is 2.28. The first-order valence-electron chi connectivity index (χ1n) is 11.4. The number of benzene rings is 1. The number of hydrazone groups is 1. The van der Waals surface area contributed by atoms with Crippen molar-refractivity contribution in [2.45, 2.75) is 32.6 Å². The maximum absolute atomic E-state index is 12.8. The predicted molar refractivity (Wildman–Crippen MR) is 126 cm³/mol. The van der Waals surface area contributed by atoms with E-state index in [0.29, 0.717) is 29.3 Å². The van der Waals surface area contributed by atoms with Gasteiger partial charge in [-0.15, -0.1) is 0 Å². The molecule has 1 aliphatic heterocycles. The van der Waals surface area contributed by atoms with Crippen molar-refractivity contribution < 1.29 is 18.7 Å². The summed E-state index contributed by atoms with van der Waals surface area (Å²) in [6.45, 7) is 6.80. The summed E-state index contributed by atoms with van der Waals surface area (Å²) < 4.78 is 11.3. The maximum atomic E-state index is 12.8. The van der Waals surface area contributed by atoms with Gasteiger partial charge in [-0.25, -0.2) is 5.43 Å². The fraction of sp³-hybridized carbons (Fsp3) is 0.458. The maximum Gasteiger partial charge on any atom is 0.287 e. The standard InChI is InChI=1S/C24H29ClN4O4/c1-16-21-19(27-28-23(30)17-5-2-6-18(25)15-17)7-3-8-20(21)33-22(16)24(31)26-9-4-10-29-11-13-32-14-12-29/h2,5-6,15H,3-4,7-14H2,1H3,(H,26,31)(H,28,30)/b27-19+. The second-order valence-corrected chi connectivity index (χ2v) is 8.72. The average molecular weight is 473 g/mol. The number of aryl methyl sites for hydroxylation is 1. The highest BCUT2D eigenvalue weighted by atomic mass is 35.5. The Morgan fingerprint density at radius 2 is 2.00 bits per heavy atom. The molecule has 2 aromatic rings. The van der Waals surface area contributed by atoms with Crippen molar-refractivity contribution in [2.24, 2.45) is 5.10 Å². The Labute approximate surface area is 198 Å². The van der Waals surface area contributed by atoms with Gasteiger partial charge >= 0.3 is 0 Å². The lowest BCUT2D eigenvalue weighted by atomic mass is 9.93. The van der Waals surface area contributed by atoms with Crippen LogP contribution < -0.4 is 10.7 Å². The van der Waals surface area contributed by atoms with Crippen LogP contribution in [0.3, 0.4) is 0 Å². The van der Waals surface area contributed by atoms with Crippen molar-refractivity contribution in [1.29, 1.82) is 0 Å². The van der Waals surface area contributed by atoms with E-state index in [9.17, 15) is 9.59 Å². The molecule has 2 amide bonds. The van der Waals surface area contributed by atoms with Crippen LogP contribution in [0, 0.1) is 6.92 Å². The van der Waals surface area contributed by atoms with Crippen molar-refractivity contribution in [3.8, 4) is 0 Å². The van der Waals surface area contributed by atoms with Crippen LogP contribution in [0.25, 0.3) is 0 Å². The molecule has 0 spiro atoms. The molecule has 176 valence electrons. The van der Waals surface area contributed by atoms with Crippen molar-refractivity contribution >= 4 is 29.1 Å². The Morgan fingerprint density at radius 3 is 2.79 bits per heavy atom. The van der Waals surface area contributed by atoms with Crippen LogP contribution in [-0.2, 0) is 11.2 Å². The third-order valence-corrected chi connectivity index (χ3v) is 6.19. The Hall–Kier alpha value is -2.68. The first-order chi connectivity index (χ1) is 16.0. The number of nitrogens with one attached hydrogen (secondary N) is 2. The predicted octanol–water partition coefficient (Wildman–Crippen LogP) is 3.16. The largest absolute Gasteiger partial charge is 0.455 e. The molecule has 0 atom stereocenters. The van der Waals surface area contributed by atoms with Crippen LogP contribution in [0.4, 0.5) is 0 Å². The van der Waals surface area contributed by atoms with Crippen molar-refractivity contribution in [3.63, 3.8) is 0 Å². The Balaban J connectivity index is 1.38. The zero-order valence-corrected chi connectivity index (χ0v) is 19.5. The van der Waals surface area contributed by atoms with Crippen molar-refractivity contribution in [2.75, 3.05) is 39.4 Å². The number of rotatable bonds is 7. The number of hydrogen-bond acceptors (Lipinski definition) is 6. The summed E-state index contributed by atoms with van der Waals surface area (Å²) >= 11 is 5.97. The molecule has 0 unspecified atom stereocenters. The molecule has 8 nitrogen and oxygen atoms in total.